The molecule has 0 aliphatic carbocycles. The van der Waals surface area contributed by atoms with Crippen LogP contribution in [0.4, 0.5) is 9.18 Å². The molecule has 2 aliphatic rings. The van der Waals surface area contributed by atoms with Gasteiger partial charge >= 0.3 is 6.03 Å². The molecular weight excluding hydrogens is 447 g/mol. The third kappa shape index (κ3) is 6.04. The van der Waals surface area contributed by atoms with Crippen molar-refractivity contribution in [2.24, 2.45) is 0 Å². The van der Waals surface area contributed by atoms with Gasteiger partial charge in [0.1, 0.15) is 17.6 Å². The largest absolute Gasteiger partial charge is 0.365 e. The number of likely N-dealkylation sites (tertiary alicyclic amines) is 1. The molecule has 3 heterocycles. The number of nitrogens with one attached hydrogen (secondary N) is 2. The van der Waals surface area contributed by atoms with Crippen molar-refractivity contribution in [3.8, 4) is 0 Å². The fourth-order valence-corrected chi connectivity index (χ4v) is 4.71. The summed E-state index contributed by atoms with van der Waals surface area (Å²) in [6.07, 6.45) is 2.47. The minimum absolute atomic E-state index is 0.0976. The van der Waals surface area contributed by atoms with E-state index >= 15 is 0 Å². The van der Waals surface area contributed by atoms with E-state index in [4.69, 9.17) is 4.74 Å². The first kappa shape index (κ1) is 23.4. The Hall–Kier alpha value is -3.30. The first-order chi connectivity index (χ1) is 17.1. The summed E-state index contributed by atoms with van der Waals surface area (Å²) < 4.78 is 21.2. The molecule has 8 nitrogen and oxygen atoms in total. The number of urea groups is 1. The van der Waals surface area contributed by atoms with Crippen LogP contribution < -0.4 is 10.6 Å². The van der Waals surface area contributed by atoms with Crippen molar-refractivity contribution in [1.29, 1.82) is 0 Å². The maximum Gasteiger partial charge on any atom is 0.315 e. The Labute approximate surface area is 204 Å². The normalized spacial score (nSPS) is 18.7. The smallest absolute Gasteiger partial charge is 0.315 e. The average Bonchev–Trinajstić information content (AvgIpc) is 3.28. The number of hydrogen-bond acceptors (Lipinski definition) is 5. The topological polar surface area (TPSA) is 84.3 Å². The molecule has 1 atom stereocenters. The van der Waals surface area contributed by atoms with Crippen molar-refractivity contribution < 1.29 is 13.9 Å². The fraction of sp³-hybridized carbons (Fsp3) is 0.423. The molecule has 1 unspecified atom stereocenters. The van der Waals surface area contributed by atoms with Gasteiger partial charge < -0.3 is 15.4 Å². The molecule has 35 heavy (non-hydrogen) atoms. The molecular formula is C26H31FN6O2. The number of hydrogen-bond donors (Lipinski definition) is 2. The number of ether oxygens (including phenoxy) is 1. The minimum Gasteiger partial charge on any atom is -0.365 e. The van der Waals surface area contributed by atoms with Gasteiger partial charge in [-0.15, -0.1) is 5.10 Å². The number of aromatic nitrogens is 3. The zero-order valence-corrected chi connectivity index (χ0v) is 19.7. The average molecular weight is 479 g/mol. The highest BCUT2D eigenvalue weighted by molar-refractivity contribution is 5.74. The van der Waals surface area contributed by atoms with Crippen LogP contribution in [0.25, 0.3) is 0 Å². The molecule has 2 aromatic carbocycles. The number of piperidine rings is 1. The van der Waals surface area contributed by atoms with Crippen molar-refractivity contribution in [2.45, 2.75) is 51.1 Å². The van der Waals surface area contributed by atoms with Gasteiger partial charge in [0.2, 0.25) is 0 Å². The highest BCUT2D eigenvalue weighted by Crippen LogP contribution is 2.27. The van der Waals surface area contributed by atoms with Gasteiger partial charge in [0.05, 0.1) is 18.8 Å². The molecule has 1 aromatic heterocycles. The predicted molar refractivity (Wildman–Crippen MR) is 129 cm³/mol. The summed E-state index contributed by atoms with van der Waals surface area (Å²) in [5, 5.41) is 14.8. The van der Waals surface area contributed by atoms with Crippen LogP contribution in [0, 0.1) is 5.82 Å². The van der Waals surface area contributed by atoms with Crippen molar-refractivity contribution in [2.75, 3.05) is 19.6 Å². The molecule has 184 valence electrons. The zero-order valence-electron chi connectivity index (χ0n) is 19.7. The van der Waals surface area contributed by atoms with Gasteiger partial charge in [-0.3, -0.25) is 4.90 Å². The van der Waals surface area contributed by atoms with Gasteiger partial charge in [-0.25, -0.2) is 13.9 Å². The van der Waals surface area contributed by atoms with E-state index in [0.29, 0.717) is 19.7 Å². The molecule has 5 rings (SSSR count). The van der Waals surface area contributed by atoms with E-state index in [0.717, 1.165) is 55.8 Å². The van der Waals surface area contributed by atoms with Crippen molar-refractivity contribution >= 4 is 6.03 Å². The second-order valence-electron chi connectivity index (χ2n) is 9.20. The van der Waals surface area contributed by atoms with Gasteiger partial charge in [0, 0.05) is 32.2 Å². The molecule has 0 spiro atoms. The summed E-state index contributed by atoms with van der Waals surface area (Å²) >= 11 is 0. The number of benzene rings is 2. The lowest BCUT2D eigenvalue weighted by molar-refractivity contribution is -0.00219. The van der Waals surface area contributed by atoms with E-state index < -0.39 is 0 Å². The van der Waals surface area contributed by atoms with E-state index in [-0.39, 0.29) is 24.0 Å². The number of nitrogens with zero attached hydrogens (tertiary/aromatic N) is 4. The molecule has 3 aromatic rings. The van der Waals surface area contributed by atoms with Crippen LogP contribution in [0.1, 0.15) is 41.5 Å². The Morgan fingerprint density at radius 1 is 1.09 bits per heavy atom. The summed E-state index contributed by atoms with van der Waals surface area (Å²) in [5.74, 6) is -0.254. The van der Waals surface area contributed by atoms with Crippen LogP contribution in [0.5, 0.6) is 0 Å². The van der Waals surface area contributed by atoms with E-state index in [9.17, 15) is 9.18 Å². The van der Waals surface area contributed by atoms with Gasteiger partial charge in [-0.05, 0) is 42.5 Å². The molecule has 0 bridgehead atoms. The molecule has 2 N–H and O–H groups in total. The number of fused-ring (bicyclic) bond motifs is 1. The second-order valence-corrected chi connectivity index (χ2v) is 9.20. The molecule has 0 saturated carbocycles. The van der Waals surface area contributed by atoms with E-state index in [1.54, 1.807) is 12.1 Å². The van der Waals surface area contributed by atoms with Gasteiger partial charge in [0.15, 0.2) is 0 Å². The molecule has 1 saturated heterocycles. The third-order valence-electron chi connectivity index (χ3n) is 6.76. The highest BCUT2D eigenvalue weighted by Gasteiger charge is 2.27. The fourth-order valence-electron chi connectivity index (χ4n) is 4.71. The van der Waals surface area contributed by atoms with E-state index in [2.05, 4.69) is 38.0 Å². The van der Waals surface area contributed by atoms with Crippen LogP contribution in [0.2, 0.25) is 0 Å². The van der Waals surface area contributed by atoms with Gasteiger partial charge in [0.25, 0.3) is 0 Å². The molecule has 1 fully saturated rings. The number of amides is 2. The SMILES string of the molecule is O=C(NCCc1ccccc1)NC1CCN(Cc2nnn3c2COC(c2ccc(F)cc2)C3)CC1. The molecule has 2 amide bonds. The number of halogens is 1. The molecule has 9 heteroatoms. The lowest BCUT2D eigenvalue weighted by Crippen LogP contribution is -2.48. The second kappa shape index (κ2) is 11.0. The maximum atomic E-state index is 13.2. The van der Waals surface area contributed by atoms with Gasteiger partial charge in [-0.2, -0.15) is 0 Å². The standard InChI is InChI=1S/C26H31FN6O2/c27-21-8-6-20(7-9-21)25-17-33-24(18-35-25)23(30-31-33)16-32-14-11-22(12-15-32)29-26(34)28-13-10-19-4-2-1-3-5-19/h1-9,22,25H,10-18H2,(H2,28,29,34). The Kier molecular flexibility index (Phi) is 7.34. The van der Waals surface area contributed by atoms with Crippen LogP contribution >= 0.6 is 0 Å². The Morgan fingerprint density at radius 3 is 2.63 bits per heavy atom. The van der Waals surface area contributed by atoms with Crippen LogP contribution in [-0.2, 0) is 30.9 Å². The maximum absolute atomic E-state index is 13.2. The summed E-state index contributed by atoms with van der Waals surface area (Å²) in [4.78, 5) is 14.6. The summed E-state index contributed by atoms with van der Waals surface area (Å²) in [5.41, 5.74) is 4.09. The first-order valence-corrected chi connectivity index (χ1v) is 12.2. The highest BCUT2D eigenvalue weighted by atomic mass is 19.1. The lowest BCUT2D eigenvalue weighted by atomic mass is 10.0. The van der Waals surface area contributed by atoms with Gasteiger partial charge in [-0.1, -0.05) is 47.7 Å². The summed E-state index contributed by atoms with van der Waals surface area (Å²) in [7, 11) is 0. The lowest BCUT2D eigenvalue weighted by Gasteiger charge is -2.32. The van der Waals surface area contributed by atoms with Crippen molar-refractivity contribution in [3.05, 3.63) is 82.9 Å². The number of carbonyl (C=O) groups excluding carboxylic acids is 1. The summed E-state index contributed by atoms with van der Waals surface area (Å²) in [6.45, 7) is 4.12. The third-order valence-corrected chi connectivity index (χ3v) is 6.76. The van der Waals surface area contributed by atoms with Crippen LogP contribution in [0.15, 0.2) is 54.6 Å². The monoisotopic (exact) mass is 478 g/mol. The van der Waals surface area contributed by atoms with E-state index in [1.165, 1.54) is 17.7 Å². The predicted octanol–water partition coefficient (Wildman–Crippen LogP) is 3.20. The van der Waals surface area contributed by atoms with E-state index in [1.807, 2.05) is 22.9 Å². The van der Waals surface area contributed by atoms with Crippen molar-refractivity contribution in [3.63, 3.8) is 0 Å². The number of carbonyl (C=O) groups is 1. The van der Waals surface area contributed by atoms with Crippen LogP contribution in [0.3, 0.4) is 0 Å². The first-order valence-electron chi connectivity index (χ1n) is 12.2. The van der Waals surface area contributed by atoms with Crippen molar-refractivity contribution in [1.82, 2.24) is 30.5 Å². The minimum atomic E-state index is -0.254. The molecule has 0 radical (unpaired) electrons. The Balaban J connectivity index is 1.05. The quantitative estimate of drug-likeness (QED) is 0.545. The van der Waals surface area contributed by atoms with Crippen LogP contribution in [-0.4, -0.2) is 51.6 Å². The Bertz CT molecular complexity index is 1110. The summed E-state index contributed by atoms with van der Waals surface area (Å²) in [6, 6.07) is 16.6. The molecule has 2 aliphatic heterocycles. The zero-order chi connectivity index (χ0) is 24.0. The Morgan fingerprint density at radius 2 is 1.86 bits per heavy atom. The number of rotatable bonds is 7.